The van der Waals surface area contributed by atoms with Crippen molar-refractivity contribution < 1.29 is 9.53 Å². The zero-order chi connectivity index (χ0) is 15.8. The SMILES string of the molecule is Cc1cccnc1CC(=O)N(C)CCCCN1CCOCC1. The van der Waals surface area contributed by atoms with Gasteiger partial charge in [-0.25, -0.2) is 0 Å². The van der Waals surface area contributed by atoms with Gasteiger partial charge in [0.05, 0.1) is 25.3 Å². The minimum atomic E-state index is 0.146. The largest absolute Gasteiger partial charge is 0.379 e. The summed E-state index contributed by atoms with van der Waals surface area (Å²) in [6.45, 7) is 7.68. The van der Waals surface area contributed by atoms with Crippen LogP contribution in [-0.2, 0) is 16.0 Å². The predicted molar refractivity (Wildman–Crippen MR) is 86.8 cm³/mol. The van der Waals surface area contributed by atoms with Gasteiger partial charge in [-0.2, -0.15) is 0 Å². The van der Waals surface area contributed by atoms with E-state index in [1.54, 1.807) is 6.20 Å². The Morgan fingerprint density at radius 1 is 1.36 bits per heavy atom. The Kier molecular flexibility index (Phi) is 6.80. The van der Waals surface area contributed by atoms with Gasteiger partial charge in [-0.05, 0) is 37.9 Å². The van der Waals surface area contributed by atoms with Gasteiger partial charge >= 0.3 is 0 Å². The molecule has 0 radical (unpaired) electrons. The van der Waals surface area contributed by atoms with Crippen molar-refractivity contribution in [2.45, 2.75) is 26.2 Å². The summed E-state index contributed by atoms with van der Waals surface area (Å²) in [7, 11) is 1.88. The number of nitrogens with zero attached hydrogens (tertiary/aromatic N) is 3. The number of pyridine rings is 1. The molecule has 1 aromatic rings. The molecule has 1 fully saturated rings. The molecule has 0 saturated carbocycles. The number of unbranched alkanes of at least 4 members (excludes halogenated alkanes) is 1. The van der Waals surface area contributed by atoms with Crippen LogP contribution >= 0.6 is 0 Å². The summed E-state index contributed by atoms with van der Waals surface area (Å²) in [5, 5.41) is 0. The van der Waals surface area contributed by atoms with Crippen LogP contribution in [0.25, 0.3) is 0 Å². The van der Waals surface area contributed by atoms with Crippen molar-refractivity contribution in [3.8, 4) is 0 Å². The fraction of sp³-hybridized carbons (Fsp3) is 0.647. The van der Waals surface area contributed by atoms with E-state index in [1.807, 2.05) is 31.0 Å². The van der Waals surface area contributed by atoms with E-state index < -0.39 is 0 Å². The lowest BCUT2D eigenvalue weighted by atomic mass is 10.1. The van der Waals surface area contributed by atoms with Crippen molar-refractivity contribution in [3.63, 3.8) is 0 Å². The molecule has 0 aromatic carbocycles. The molecule has 0 N–H and O–H groups in total. The summed E-state index contributed by atoms with van der Waals surface area (Å²) >= 11 is 0. The number of hydrogen-bond donors (Lipinski definition) is 0. The van der Waals surface area contributed by atoms with Crippen molar-refractivity contribution in [1.29, 1.82) is 0 Å². The molecule has 2 heterocycles. The maximum atomic E-state index is 12.2. The summed E-state index contributed by atoms with van der Waals surface area (Å²) in [5.41, 5.74) is 1.96. The third kappa shape index (κ3) is 5.39. The number of rotatable bonds is 7. The van der Waals surface area contributed by atoms with Crippen LogP contribution < -0.4 is 0 Å². The van der Waals surface area contributed by atoms with Gasteiger partial charge in [0, 0.05) is 32.9 Å². The summed E-state index contributed by atoms with van der Waals surface area (Å²) in [6.07, 6.45) is 4.31. The quantitative estimate of drug-likeness (QED) is 0.716. The van der Waals surface area contributed by atoms with E-state index in [0.717, 1.165) is 63.5 Å². The molecule has 0 aliphatic carbocycles. The number of carbonyl (C=O) groups is 1. The highest BCUT2D eigenvalue weighted by molar-refractivity contribution is 5.78. The monoisotopic (exact) mass is 305 g/mol. The molecule has 1 aliphatic rings. The maximum absolute atomic E-state index is 12.2. The van der Waals surface area contributed by atoms with Gasteiger partial charge < -0.3 is 9.64 Å². The Bertz CT molecular complexity index is 473. The number of morpholine rings is 1. The van der Waals surface area contributed by atoms with E-state index in [4.69, 9.17) is 4.74 Å². The van der Waals surface area contributed by atoms with Crippen LogP contribution in [0, 0.1) is 6.92 Å². The molecule has 1 aromatic heterocycles. The number of aromatic nitrogens is 1. The molecule has 2 rings (SSSR count). The Hall–Kier alpha value is -1.46. The molecule has 0 bridgehead atoms. The number of aryl methyl sites for hydroxylation is 1. The van der Waals surface area contributed by atoms with Crippen molar-refractivity contribution >= 4 is 5.91 Å². The van der Waals surface area contributed by atoms with Crippen LogP contribution in [0.5, 0.6) is 0 Å². The summed E-state index contributed by atoms with van der Waals surface area (Å²) < 4.78 is 5.34. The Morgan fingerprint density at radius 2 is 2.14 bits per heavy atom. The average molecular weight is 305 g/mol. The second-order valence-electron chi connectivity index (χ2n) is 5.92. The zero-order valence-electron chi connectivity index (χ0n) is 13.8. The molecule has 0 spiro atoms. The van der Waals surface area contributed by atoms with Gasteiger partial charge in [0.2, 0.25) is 5.91 Å². The lowest BCUT2D eigenvalue weighted by molar-refractivity contribution is -0.129. The lowest BCUT2D eigenvalue weighted by Gasteiger charge is -2.26. The third-order valence-corrected chi connectivity index (χ3v) is 4.18. The predicted octanol–water partition coefficient (Wildman–Crippen LogP) is 1.50. The molecule has 1 aliphatic heterocycles. The average Bonchev–Trinajstić information content (AvgIpc) is 2.54. The minimum Gasteiger partial charge on any atom is -0.379 e. The van der Waals surface area contributed by atoms with E-state index >= 15 is 0 Å². The maximum Gasteiger partial charge on any atom is 0.228 e. The Labute approximate surface area is 133 Å². The van der Waals surface area contributed by atoms with Gasteiger partial charge in [0.25, 0.3) is 0 Å². The van der Waals surface area contributed by atoms with E-state index in [1.165, 1.54) is 0 Å². The van der Waals surface area contributed by atoms with Crippen LogP contribution in [0.2, 0.25) is 0 Å². The summed E-state index contributed by atoms with van der Waals surface area (Å²) in [6, 6.07) is 3.90. The fourth-order valence-corrected chi connectivity index (χ4v) is 2.62. The van der Waals surface area contributed by atoms with E-state index in [9.17, 15) is 4.79 Å². The van der Waals surface area contributed by atoms with Crippen molar-refractivity contribution in [1.82, 2.24) is 14.8 Å². The van der Waals surface area contributed by atoms with Gasteiger partial charge in [-0.15, -0.1) is 0 Å². The number of likely N-dealkylation sites (N-methyl/N-ethyl adjacent to an activating group) is 1. The molecule has 1 saturated heterocycles. The fourth-order valence-electron chi connectivity index (χ4n) is 2.62. The minimum absolute atomic E-state index is 0.146. The first kappa shape index (κ1) is 16.9. The first-order valence-corrected chi connectivity index (χ1v) is 8.11. The first-order chi connectivity index (χ1) is 10.7. The Morgan fingerprint density at radius 3 is 2.86 bits per heavy atom. The zero-order valence-corrected chi connectivity index (χ0v) is 13.8. The second kappa shape index (κ2) is 8.86. The first-order valence-electron chi connectivity index (χ1n) is 8.11. The van der Waals surface area contributed by atoms with Crippen LogP contribution in [0.1, 0.15) is 24.1 Å². The molecule has 5 nitrogen and oxygen atoms in total. The molecule has 122 valence electrons. The number of hydrogen-bond acceptors (Lipinski definition) is 4. The lowest BCUT2D eigenvalue weighted by Crippen LogP contribution is -2.37. The highest BCUT2D eigenvalue weighted by atomic mass is 16.5. The number of ether oxygens (including phenoxy) is 1. The van der Waals surface area contributed by atoms with Crippen LogP contribution in [0.4, 0.5) is 0 Å². The summed E-state index contributed by atoms with van der Waals surface area (Å²) in [4.78, 5) is 20.8. The highest BCUT2D eigenvalue weighted by Crippen LogP contribution is 2.06. The second-order valence-corrected chi connectivity index (χ2v) is 5.92. The smallest absolute Gasteiger partial charge is 0.228 e. The molecule has 5 heteroatoms. The highest BCUT2D eigenvalue weighted by Gasteiger charge is 2.13. The van der Waals surface area contributed by atoms with Crippen LogP contribution in [0.15, 0.2) is 18.3 Å². The van der Waals surface area contributed by atoms with Crippen molar-refractivity contribution in [2.24, 2.45) is 0 Å². The summed E-state index contributed by atoms with van der Waals surface area (Å²) in [5.74, 6) is 0.146. The van der Waals surface area contributed by atoms with Crippen molar-refractivity contribution in [3.05, 3.63) is 29.6 Å². The number of amides is 1. The van der Waals surface area contributed by atoms with E-state index in [0.29, 0.717) is 6.42 Å². The molecular weight excluding hydrogens is 278 g/mol. The normalized spacial score (nSPS) is 15.7. The molecule has 1 amide bonds. The van der Waals surface area contributed by atoms with Gasteiger partial charge in [0.1, 0.15) is 0 Å². The van der Waals surface area contributed by atoms with Gasteiger partial charge in [-0.1, -0.05) is 6.07 Å². The standard InChI is InChI=1S/C17H27N3O2/c1-15-6-5-7-18-16(15)14-17(21)19(2)8-3-4-9-20-10-12-22-13-11-20/h5-7H,3-4,8-14H2,1-2H3. The van der Waals surface area contributed by atoms with Crippen LogP contribution in [0.3, 0.4) is 0 Å². The Balaban J connectivity index is 1.65. The van der Waals surface area contributed by atoms with Gasteiger partial charge in [-0.3, -0.25) is 14.7 Å². The van der Waals surface area contributed by atoms with Gasteiger partial charge in [0.15, 0.2) is 0 Å². The number of carbonyl (C=O) groups excluding carboxylic acids is 1. The topological polar surface area (TPSA) is 45.7 Å². The molecular formula is C17H27N3O2. The van der Waals surface area contributed by atoms with Crippen molar-refractivity contribution in [2.75, 3.05) is 46.4 Å². The van der Waals surface area contributed by atoms with E-state index in [2.05, 4.69) is 9.88 Å². The molecule has 22 heavy (non-hydrogen) atoms. The molecule has 0 atom stereocenters. The molecule has 0 unspecified atom stereocenters. The van der Waals surface area contributed by atoms with E-state index in [-0.39, 0.29) is 5.91 Å². The third-order valence-electron chi connectivity index (χ3n) is 4.18. The van der Waals surface area contributed by atoms with Crippen LogP contribution in [-0.4, -0.2) is 67.1 Å².